The summed E-state index contributed by atoms with van der Waals surface area (Å²) in [5.41, 5.74) is 2.54. The Morgan fingerprint density at radius 1 is 1.44 bits per heavy atom. The summed E-state index contributed by atoms with van der Waals surface area (Å²) in [6.07, 6.45) is 6.67. The smallest absolute Gasteiger partial charge is 0.171 e. The third-order valence-corrected chi connectivity index (χ3v) is 4.10. The summed E-state index contributed by atoms with van der Waals surface area (Å²) in [7, 11) is 1.63. The molecule has 0 spiro atoms. The number of methoxy groups -OCH3 is 1. The van der Waals surface area contributed by atoms with E-state index in [0.717, 1.165) is 31.0 Å². The largest absolute Gasteiger partial charge is 0.494 e. The lowest BCUT2D eigenvalue weighted by Crippen LogP contribution is -2.37. The average molecular weight is 265 g/mol. The minimum atomic E-state index is 0.430. The Balaban J connectivity index is 1.92. The summed E-state index contributed by atoms with van der Waals surface area (Å²) in [6, 6.07) is 2.00. The molecular weight excluding hydrogens is 248 g/mol. The van der Waals surface area contributed by atoms with Crippen LogP contribution in [0.25, 0.3) is 5.57 Å². The molecule has 0 aromatic carbocycles. The van der Waals surface area contributed by atoms with Gasteiger partial charge in [0.1, 0.15) is 0 Å². The van der Waals surface area contributed by atoms with E-state index < -0.39 is 0 Å². The number of hydrogen-bond donors (Lipinski definition) is 1. The van der Waals surface area contributed by atoms with E-state index in [1.165, 1.54) is 12.0 Å². The lowest BCUT2D eigenvalue weighted by atomic mass is 9.78. The van der Waals surface area contributed by atoms with Gasteiger partial charge in [0.25, 0.3) is 0 Å². The van der Waals surface area contributed by atoms with Gasteiger partial charge in [0.2, 0.25) is 0 Å². The zero-order valence-electron chi connectivity index (χ0n) is 10.4. The monoisotopic (exact) mass is 264 g/mol. The lowest BCUT2D eigenvalue weighted by molar-refractivity contribution is 0.316. The maximum Gasteiger partial charge on any atom is 0.171 e. The van der Waals surface area contributed by atoms with Crippen LogP contribution < -0.4 is 10.1 Å². The third kappa shape index (κ3) is 2.25. The van der Waals surface area contributed by atoms with Gasteiger partial charge in [-0.05, 0) is 48.4 Å². The molecule has 0 saturated carbocycles. The van der Waals surface area contributed by atoms with Crippen LogP contribution in [0.3, 0.4) is 0 Å². The van der Waals surface area contributed by atoms with Crippen molar-refractivity contribution in [1.29, 1.82) is 0 Å². The number of hydrogen-bond acceptors (Lipinski definition) is 3. The number of nitrogens with zero attached hydrogens (tertiary/aromatic N) is 1. The van der Waals surface area contributed by atoms with Gasteiger partial charge in [-0.25, -0.2) is 4.98 Å². The molecule has 0 amide bonds. The number of nitrogens with one attached hydrogen (secondary N) is 1. The highest BCUT2D eigenvalue weighted by molar-refractivity contribution is 6.30. The van der Waals surface area contributed by atoms with Crippen molar-refractivity contribution < 1.29 is 4.74 Å². The molecule has 1 aliphatic carbocycles. The molecule has 3 rings (SSSR count). The van der Waals surface area contributed by atoms with Crippen LogP contribution in [-0.2, 0) is 0 Å². The zero-order valence-corrected chi connectivity index (χ0v) is 11.2. The molecule has 2 aliphatic rings. The Bertz CT molecular complexity index is 487. The van der Waals surface area contributed by atoms with E-state index in [2.05, 4.69) is 16.4 Å². The summed E-state index contributed by atoms with van der Waals surface area (Å²) < 4.78 is 5.24. The number of pyridine rings is 1. The van der Waals surface area contributed by atoms with Crippen molar-refractivity contribution >= 4 is 17.2 Å². The van der Waals surface area contributed by atoms with Crippen molar-refractivity contribution in [2.75, 3.05) is 20.2 Å². The second kappa shape index (κ2) is 4.90. The van der Waals surface area contributed by atoms with Gasteiger partial charge in [0, 0.05) is 12.7 Å². The first-order chi connectivity index (χ1) is 8.76. The number of piperidine rings is 1. The molecule has 96 valence electrons. The number of fused-ring (bicyclic) bond motifs is 2. The van der Waals surface area contributed by atoms with Crippen LogP contribution in [0, 0.1) is 11.8 Å². The number of aromatic nitrogens is 1. The summed E-state index contributed by atoms with van der Waals surface area (Å²) >= 11 is 5.97. The fourth-order valence-corrected chi connectivity index (χ4v) is 3.15. The van der Waals surface area contributed by atoms with Gasteiger partial charge < -0.3 is 10.1 Å². The van der Waals surface area contributed by atoms with Crippen LogP contribution in [0.5, 0.6) is 5.75 Å². The normalized spacial score (nSPS) is 26.7. The van der Waals surface area contributed by atoms with Gasteiger partial charge in [-0.3, -0.25) is 0 Å². The van der Waals surface area contributed by atoms with Gasteiger partial charge in [-0.1, -0.05) is 17.7 Å². The molecule has 1 N–H and O–H groups in total. The van der Waals surface area contributed by atoms with Gasteiger partial charge >= 0.3 is 0 Å². The van der Waals surface area contributed by atoms with E-state index in [9.17, 15) is 0 Å². The van der Waals surface area contributed by atoms with E-state index in [1.807, 2.05) is 12.3 Å². The molecule has 1 aromatic heterocycles. The van der Waals surface area contributed by atoms with Crippen molar-refractivity contribution in [3.63, 3.8) is 0 Å². The van der Waals surface area contributed by atoms with Crippen molar-refractivity contribution in [1.82, 2.24) is 10.3 Å². The molecule has 4 heteroatoms. The Labute approximate surface area is 112 Å². The minimum Gasteiger partial charge on any atom is -0.494 e. The Morgan fingerprint density at radius 2 is 2.33 bits per heavy atom. The highest BCUT2D eigenvalue weighted by atomic mass is 35.5. The maximum absolute atomic E-state index is 5.97. The molecule has 3 nitrogen and oxygen atoms in total. The number of allylic oxidation sites excluding steroid dienone is 1. The first kappa shape index (κ1) is 12.0. The summed E-state index contributed by atoms with van der Waals surface area (Å²) in [5, 5.41) is 3.91. The van der Waals surface area contributed by atoms with Crippen LogP contribution in [0.4, 0.5) is 0 Å². The van der Waals surface area contributed by atoms with Crippen molar-refractivity contribution in [2.24, 2.45) is 11.8 Å². The number of halogens is 1. The Morgan fingerprint density at radius 3 is 3.11 bits per heavy atom. The molecule has 2 bridgehead atoms. The second-order valence-corrected chi connectivity index (χ2v) is 5.49. The Hall–Kier alpha value is -1.06. The highest BCUT2D eigenvalue weighted by Gasteiger charge is 2.26. The van der Waals surface area contributed by atoms with E-state index in [0.29, 0.717) is 16.8 Å². The quantitative estimate of drug-likeness (QED) is 0.834. The predicted octanol–water partition coefficient (Wildman–Crippen LogP) is 2.76. The number of rotatable bonds is 2. The lowest BCUT2D eigenvalue weighted by Gasteiger charge is -2.34. The molecule has 2 atom stereocenters. The molecule has 0 unspecified atom stereocenters. The molecule has 1 fully saturated rings. The molecule has 1 saturated heterocycles. The summed E-state index contributed by atoms with van der Waals surface area (Å²) in [5.74, 6) is 2.07. The van der Waals surface area contributed by atoms with Crippen LogP contribution >= 0.6 is 11.6 Å². The first-order valence-electron chi connectivity index (χ1n) is 6.37. The second-order valence-electron chi connectivity index (χ2n) is 5.13. The summed E-state index contributed by atoms with van der Waals surface area (Å²) in [4.78, 5) is 4.20. The van der Waals surface area contributed by atoms with Crippen molar-refractivity contribution in [3.05, 3.63) is 29.1 Å². The fourth-order valence-electron chi connectivity index (χ4n) is 2.97. The van der Waals surface area contributed by atoms with Gasteiger partial charge in [-0.2, -0.15) is 0 Å². The zero-order chi connectivity index (χ0) is 12.5. The van der Waals surface area contributed by atoms with Gasteiger partial charge in [0.15, 0.2) is 10.9 Å². The maximum atomic E-state index is 5.97. The molecule has 0 radical (unpaired) electrons. The van der Waals surface area contributed by atoms with Crippen LogP contribution in [-0.4, -0.2) is 25.2 Å². The van der Waals surface area contributed by atoms with Crippen LogP contribution in [0.15, 0.2) is 18.3 Å². The standard InChI is InChI=1S/C14H17ClN2O/c1-18-13-5-12(8-17-14(13)15)11-3-9-2-10(4-11)7-16-6-9/h3,5,8-10,16H,2,4,6-7H2,1H3/t9-,10+/m1/s1. The van der Waals surface area contributed by atoms with E-state index in [1.54, 1.807) is 7.11 Å². The predicted molar refractivity (Wildman–Crippen MR) is 72.9 cm³/mol. The third-order valence-electron chi connectivity index (χ3n) is 3.82. The van der Waals surface area contributed by atoms with E-state index >= 15 is 0 Å². The van der Waals surface area contributed by atoms with Crippen LogP contribution in [0.2, 0.25) is 5.15 Å². The topological polar surface area (TPSA) is 34.1 Å². The molecule has 1 aliphatic heterocycles. The highest BCUT2D eigenvalue weighted by Crippen LogP contribution is 2.36. The minimum absolute atomic E-state index is 0.430. The molecule has 2 heterocycles. The fraction of sp³-hybridized carbons (Fsp3) is 0.500. The van der Waals surface area contributed by atoms with E-state index in [-0.39, 0.29) is 0 Å². The number of ether oxygens (including phenoxy) is 1. The van der Waals surface area contributed by atoms with Crippen molar-refractivity contribution in [2.45, 2.75) is 12.8 Å². The summed E-state index contributed by atoms with van der Waals surface area (Å²) in [6.45, 7) is 2.23. The SMILES string of the molecule is COc1cc(C2=C[C@@H]3CNC[C@H](C2)C3)cnc1Cl. The Kier molecular flexibility index (Phi) is 3.27. The van der Waals surface area contributed by atoms with E-state index in [4.69, 9.17) is 16.3 Å². The molecular formula is C14H17ClN2O. The van der Waals surface area contributed by atoms with Crippen LogP contribution in [0.1, 0.15) is 18.4 Å². The van der Waals surface area contributed by atoms with Gasteiger partial charge in [0.05, 0.1) is 7.11 Å². The van der Waals surface area contributed by atoms with Crippen molar-refractivity contribution in [3.8, 4) is 5.75 Å². The molecule has 18 heavy (non-hydrogen) atoms. The average Bonchev–Trinajstić information content (AvgIpc) is 2.39. The first-order valence-corrected chi connectivity index (χ1v) is 6.75. The van der Waals surface area contributed by atoms with Gasteiger partial charge in [-0.15, -0.1) is 0 Å². The molecule has 1 aromatic rings.